The molecular formula is C12H8Cl2N2O4S. The number of hydrogen-bond donors (Lipinski definition) is 2. The number of sulfonamides is 1. The van der Waals surface area contributed by atoms with Crippen LogP contribution in [0.5, 0.6) is 0 Å². The van der Waals surface area contributed by atoms with Gasteiger partial charge in [-0.25, -0.2) is 18.2 Å². The number of carbonyl (C=O) groups is 1. The van der Waals surface area contributed by atoms with Gasteiger partial charge < -0.3 is 5.11 Å². The molecule has 0 amide bonds. The zero-order valence-electron chi connectivity index (χ0n) is 10.2. The number of carboxylic acids is 1. The number of halogens is 2. The Morgan fingerprint density at radius 3 is 2.33 bits per heavy atom. The largest absolute Gasteiger partial charge is 0.476 e. The number of pyridine rings is 1. The number of rotatable bonds is 4. The molecule has 0 atom stereocenters. The van der Waals surface area contributed by atoms with Crippen LogP contribution in [0.1, 0.15) is 10.5 Å². The molecule has 0 saturated heterocycles. The quantitative estimate of drug-likeness (QED) is 0.887. The third kappa shape index (κ3) is 3.26. The van der Waals surface area contributed by atoms with Gasteiger partial charge in [-0.05, 0) is 24.3 Å². The minimum absolute atomic E-state index is 0.0734. The number of nitrogens with zero attached hydrogens (tertiary/aromatic N) is 1. The van der Waals surface area contributed by atoms with Crippen molar-refractivity contribution in [3.63, 3.8) is 0 Å². The molecule has 0 aliphatic heterocycles. The lowest BCUT2D eigenvalue weighted by Crippen LogP contribution is -2.17. The maximum absolute atomic E-state index is 12.3. The van der Waals surface area contributed by atoms with Crippen LogP contribution >= 0.6 is 23.2 Å². The Balaban J connectivity index is 2.51. The number of aromatic carboxylic acids is 1. The number of aromatic nitrogens is 1. The van der Waals surface area contributed by atoms with Crippen LogP contribution in [0.3, 0.4) is 0 Å². The highest BCUT2D eigenvalue weighted by atomic mass is 35.5. The van der Waals surface area contributed by atoms with E-state index in [1.807, 2.05) is 0 Å². The Morgan fingerprint density at radius 2 is 1.76 bits per heavy atom. The van der Waals surface area contributed by atoms with Crippen LogP contribution in [0.15, 0.2) is 41.4 Å². The number of anilines is 1. The van der Waals surface area contributed by atoms with E-state index in [4.69, 9.17) is 28.3 Å². The summed E-state index contributed by atoms with van der Waals surface area (Å²) in [6, 6.07) is 6.90. The van der Waals surface area contributed by atoms with E-state index in [0.717, 1.165) is 0 Å². The second kappa shape index (κ2) is 5.88. The van der Waals surface area contributed by atoms with Crippen LogP contribution in [-0.2, 0) is 10.0 Å². The molecule has 0 radical (unpaired) electrons. The standard InChI is InChI=1S/C12H8Cl2N2O4S/c13-7-3-1-4-8(14)11(7)21(19,20)16-9-5-2-6-15-10(9)12(17)18/h1-6,16H,(H,17,18). The van der Waals surface area contributed by atoms with Crippen molar-refractivity contribution < 1.29 is 18.3 Å². The molecule has 21 heavy (non-hydrogen) atoms. The Morgan fingerprint density at radius 1 is 1.14 bits per heavy atom. The van der Waals surface area contributed by atoms with Crippen LogP contribution < -0.4 is 4.72 Å². The lowest BCUT2D eigenvalue weighted by atomic mass is 10.3. The van der Waals surface area contributed by atoms with E-state index < -0.39 is 21.7 Å². The fraction of sp³-hybridized carbons (Fsp3) is 0. The first-order chi connectivity index (χ1) is 9.83. The summed E-state index contributed by atoms with van der Waals surface area (Å²) in [5.74, 6) is -1.36. The van der Waals surface area contributed by atoms with Gasteiger partial charge in [-0.2, -0.15) is 0 Å². The highest BCUT2D eigenvalue weighted by molar-refractivity contribution is 7.93. The van der Waals surface area contributed by atoms with E-state index in [9.17, 15) is 13.2 Å². The third-order valence-corrected chi connectivity index (χ3v) is 4.76. The van der Waals surface area contributed by atoms with Gasteiger partial charge in [0.05, 0.1) is 15.7 Å². The summed E-state index contributed by atoms with van der Waals surface area (Å²) >= 11 is 11.7. The summed E-state index contributed by atoms with van der Waals surface area (Å²) < 4.78 is 26.8. The van der Waals surface area contributed by atoms with Crippen molar-refractivity contribution in [3.8, 4) is 0 Å². The molecule has 0 aliphatic carbocycles. The zero-order valence-corrected chi connectivity index (χ0v) is 12.6. The smallest absolute Gasteiger partial charge is 0.356 e. The van der Waals surface area contributed by atoms with E-state index in [1.54, 1.807) is 0 Å². The van der Waals surface area contributed by atoms with Gasteiger partial charge in [0.15, 0.2) is 5.69 Å². The molecule has 1 aromatic heterocycles. The molecule has 2 aromatic rings. The third-order valence-electron chi connectivity index (χ3n) is 2.44. The van der Waals surface area contributed by atoms with Crippen LogP contribution in [0, 0.1) is 0 Å². The Labute approximate surface area is 130 Å². The second-order valence-electron chi connectivity index (χ2n) is 3.86. The van der Waals surface area contributed by atoms with E-state index >= 15 is 0 Å². The maximum atomic E-state index is 12.3. The monoisotopic (exact) mass is 346 g/mol. The molecule has 110 valence electrons. The summed E-state index contributed by atoms with van der Waals surface area (Å²) in [5.41, 5.74) is -0.606. The second-order valence-corrected chi connectivity index (χ2v) is 6.29. The molecule has 2 rings (SSSR count). The molecule has 1 heterocycles. The van der Waals surface area contributed by atoms with Crippen molar-refractivity contribution in [1.82, 2.24) is 4.98 Å². The van der Waals surface area contributed by atoms with Crippen molar-refractivity contribution in [1.29, 1.82) is 0 Å². The van der Waals surface area contributed by atoms with Gasteiger partial charge in [0.1, 0.15) is 4.90 Å². The number of hydrogen-bond acceptors (Lipinski definition) is 4. The summed E-state index contributed by atoms with van der Waals surface area (Å²) in [6.07, 6.45) is 1.24. The van der Waals surface area contributed by atoms with Gasteiger partial charge in [0, 0.05) is 6.20 Å². The lowest BCUT2D eigenvalue weighted by Gasteiger charge is -2.12. The Bertz CT molecular complexity index is 788. The van der Waals surface area contributed by atoms with Crippen molar-refractivity contribution in [3.05, 3.63) is 52.3 Å². The number of nitrogens with one attached hydrogen (secondary N) is 1. The van der Waals surface area contributed by atoms with Crippen molar-refractivity contribution in [2.75, 3.05) is 4.72 Å². The minimum Gasteiger partial charge on any atom is -0.476 e. The lowest BCUT2D eigenvalue weighted by molar-refractivity contribution is 0.0692. The molecule has 0 fully saturated rings. The van der Waals surface area contributed by atoms with Gasteiger partial charge in [-0.1, -0.05) is 29.3 Å². The summed E-state index contributed by atoms with van der Waals surface area (Å²) in [5, 5.41) is 8.85. The first kappa shape index (κ1) is 15.6. The van der Waals surface area contributed by atoms with Crippen LogP contribution in [0.4, 0.5) is 5.69 Å². The SMILES string of the molecule is O=C(O)c1ncccc1NS(=O)(=O)c1c(Cl)cccc1Cl. The first-order valence-corrected chi connectivity index (χ1v) is 7.72. The Kier molecular flexibility index (Phi) is 4.36. The van der Waals surface area contributed by atoms with Gasteiger partial charge in [0.2, 0.25) is 0 Å². The average molecular weight is 347 g/mol. The van der Waals surface area contributed by atoms with Crippen LogP contribution in [0.2, 0.25) is 10.0 Å². The van der Waals surface area contributed by atoms with Crippen molar-refractivity contribution >= 4 is 44.9 Å². The maximum Gasteiger partial charge on any atom is 0.356 e. The summed E-state index contributed by atoms with van der Waals surface area (Å²) in [6.45, 7) is 0. The summed E-state index contributed by atoms with van der Waals surface area (Å²) in [4.78, 5) is 14.3. The highest BCUT2D eigenvalue weighted by Gasteiger charge is 2.24. The molecule has 0 aliphatic rings. The minimum atomic E-state index is -4.15. The van der Waals surface area contributed by atoms with Crippen molar-refractivity contribution in [2.45, 2.75) is 4.90 Å². The van der Waals surface area contributed by atoms with Gasteiger partial charge in [-0.15, -0.1) is 0 Å². The topological polar surface area (TPSA) is 96.4 Å². The van der Waals surface area contributed by atoms with Crippen LogP contribution in [0.25, 0.3) is 0 Å². The number of carboxylic acid groups (broad SMARTS) is 1. The average Bonchev–Trinajstić information content (AvgIpc) is 2.37. The molecular weight excluding hydrogens is 339 g/mol. The first-order valence-electron chi connectivity index (χ1n) is 5.48. The molecule has 9 heteroatoms. The van der Waals surface area contributed by atoms with Gasteiger partial charge in [0.25, 0.3) is 10.0 Å². The Hall–Kier alpha value is -1.83. The molecule has 0 spiro atoms. The van der Waals surface area contributed by atoms with Crippen LogP contribution in [-0.4, -0.2) is 24.5 Å². The molecule has 2 N–H and O–H groups in total. The van der Waals surface area contributed by atoms with E-state index in [1.165, 1.54) is 36.5 Å². The molecule has 6 nitrogen and oxygen atoms in total. The van der Waals surface area contributed by atoms with Gasteiger partial charge >= 0.3 is 5.97 Å². The summed E-state index contributed by atoms with van der Waals surface area (Å²) in [7, 11) is -4.15. The normalized spacial score (nSPS) is 11.1. The zero-order chi connectivity index (χ0) is 15.6. The molecule has 0 saturated carbocycles. The molecule has 0 unspecified atom stereocenters. The number of benzene rings is 1. The van der Waals surface area contributed by atoms with Gasteiger partial charge in [-0.3, -0.25) is 4.72 Å². The fourth-order valence-electron chi connectivity index (χ4n) is 1.59. The van der Waals surface area contributed by atoms with E-state index in [0.29, 0.717) is 0 Å². The predicted octanol–water partition coefficient (Wildman–Crippen LogP) is 2.89. The highest BCUT2D eigenvalue weighted by Crippen LogP contribution is 2.30. The van der Waals surface area contributed by atoms with E-state index in [-0.39, 0.29) is 20.6 Å². The van der Waals surface area contributed by atoms with Crippen molar-refractivity contribution in [2.24, 2.45) is 0 Å². The van der Waals surface area contributed by atoms with E-state index in [2.05, 4.69) is 9.71 Å². The predicted molar refractivity (Wildman–Crippen MR) is 78.5 cm³/mol. The molecule has 1 aromatic carbocycles. The molecule has 0 bridgehead atoms. The fourth-order valence-corrected chi connectivity index (χ4v) is 3.81.